The lowest BCUT2D eigenvalue weighted by Gasteiger charge is -2.04. The third-order valence-corrected chi connectivity index (χ3v) is 1.76. The molecule has 1 aromatic rings. The lowest BCUT2D eigenvalue weighted by molar-refractivity contribution is 0.0457. The van der Waals surface area contributed by atoms with Crippen molar-refractivity contribution in [1.29, 1.82) is 0 Å². The third-order valence-electron chi connectivity index (χ3n) is 1.52. The summed E-state index contributed by atoms with van der Waals surface area (Å²) >= 11 is 5.59. The van der Waals surface area contributed by atoms with Crippen LogP contribution < -0.4 is 5.48 Å². The lowest BCUT2D eigenvalue weighted by atomic mass is 10.2. The zero-order valence-electron chi connectivity index (χ0n) is 7.31. The van der Waals surface area contributed by atoms with Gasteiger partial charge in [0, 0.05) is 17.1 Å². The van der Waals surface area contributed by atoms with Crippen LogP contribution in [0.15, 0.2) is 18.2 Å². The van der Waals surface area contributed by atoms with Crippen molar-refractivity contribution in [3.8, 4) is 0 Å². The van der Waals surface area contributed by atoms with Crippen molar-refractivity contribution in [3.05, 3.63) is 34.6 Å². The molecule has 4 heteroatoms. The predicted octanol–water partition coefficient (Wildman–Crippen LogP) is 2.52. The van der Waals surface area contributed by atoms with Crippen LogP contribution in [-0.4, -0.2) is 6.61 Å². The Hall–Kier alpha value is -0.640. The van der Waals surface area contributed by atoms with Crippen molar-refractivity contribution in [1.82, 2.24) is 5.48 Å². The summed E-state index contributed by atoms with van der Waals surface area (Å²) in [7, 11) is 0. The molecule has 1 N–H and O–H groups in total. The van der Waals surface area contributed by atoms with E-state index in [1.165, 1.54) is 6.07 Å². The van der Waals surface area contributed by atoms with E-state index in [0.29, 0.717) is 23.7 Å². The van der Waals surface area contributed by atoms with Crippen molar-refractivity contribution < 1.29 is 9.23 Å². The number of rotatable bonds is 4. The fourth-order valence-corrected chi connectivity index (χ4v) is 1.05. The highest BCUT2D eigenvalue weighted by Crippen LogP contribution is 2.14. The SMILES string of the molecule is CCONCc1ccc(Cl)cc1F. The van der Waals surface area contributed by atoms with E-state index >= 15 is 0 Å². The zero-order chi connectivity index (χ0) is 9.68. The van der Waals surface area contributed by atoms with Gasteiger partial charge in [-0.1, -0.05) is 17.7 Å². The molecule has 1 aromatic carbocycles. The molecule has 0 heterocycles. The first-order valence-electron chi connectivity index (χ1n) is 4.02. The van der Waals surface area contributed by atoms with Crippen molar-refractivity contribution >= 4 is 11.6 Å². The maximum atomic E-state index is 13.1. The maximum absolute atomic E-state index is 13.1. The summed E-state index contributed by atoms with van der Waals surface area (Å²) in [6.45, 7) is 2.75. The van der Waals surface area contributed by atoms with E-state index in [9.17, 15) is 4.39 Å². The van der Waals surface area contributed by atoms with Gasteiger partial charge in [-0.2, -0.15) is 5.48 Å². The minimum atomic E-state index is -0.320. The molecule has 0 atom stereocenters. The number of hydroxylamine groups is 1. The lowest BCUT2D eigenvalue weighted by Crippen LogP contribution is -2.14. The first-order chi connectivity index (χ1) is 6.24. The van der Waals surface area contributed by atoms with Gasteiger partial charge in [0.15, 0.2) is 0 Å². The zero-order valence-corrected chi connectivity index (χ0v) is 8.07. The van der Waals surface area contributed by atoms with E-state index < -0.39 is 0 Å². The van der Waals surface area contributed by atoms with Gasteiger partial charge in [-0.25, -0.2) is 4.39 Å². The van der Waals surface area contributed by atoms with Gasteiger partial charge in [0.05, 0.1) is 6.61 Å². The molecule has 0 aromatic heterocycles. The highest BCUT2D eigenvalue weighted by Gasteiger charge is 2.01. The summed E-state index contributed by atoms with van der Waals surface area (Å²) < 4.78 is 13.1. The second kappa shape index (κ2) is 5.17. The molecule has 13 heavy (non-hydrogen) atoms. The maximum Gasteiger partial charge on any atom is 0.129 e. The van der Waals surface area contributed by atoms with E-state index in [4.69, 9.17) is 16.4 Å². The summed E-state index contributed by atoms with van der Waals surface area (Å²) in [4.78, 5) is 4.87. The molecule has 0 spiro atoms. The Labute approximate surface area is 81.6 Å². The number of hydrogen-bond acceptors (Lipinski definition) is 2. The Kier molecular flexibility index (Phi) is 4.15. The summed E-state index contributed by atoms with van der Waals surface area (Å²) in [5.41, 5.74) is 3.17. The topological polar surface area (TPSA) is 21.3 Å². The second-order valence-corrected chi connectivity index (χ2v) is 2.93. The second-order valence-electron chi connectivity index (χ2n) is 2.49. The molecule has 0 amide bonds. The Morgan fingerprint density at radius 2 is 2.31 bits per heavy atom. The summed E-state index contributed by atoms with van der Waals surface area (Å²) in [6.07, 6.45) is 0. The molecule has 1 rings (SSSR count). The van der Waals surface area contributed by atoms with Gasteiger partial charge in [0.25, 0.3) is 0 Å². The van der Waals surface area contributed by atoms with Crippen molar-refractivity contribution in [2.45, 2.75) is 13.5 Å². The molecular formula is C9H11ClFNO. The first kappa shape index (κ1) is 10.4. The third kappa shape index (κ3) is 3.30. The molecule has 0 saturated heterocycles. The Bertz CT molecular complexity index is 280. The number of hydrogen-bond donors (Lipinski definition) is 1. The minimum absolute atomic E-state index is 0.320. The Morgan fingerprint density at radius 3 is 2.92 bits per heavy atom. The van der Waals surface area contributed by atoms with Gasteiger partial charge in [-0.05, 0) is 19.1 Å². The minimum Gasteiger partial charge on any atom is -0.302 e. The van der Waals surface area contributed by atoms with Crippen LogP contribution in [0.4, 0.5) is 4.39 Å². The van der Waals surface area contributed by atoms with E-state index in [1.54, 1.807) is 12.1 Å². The van der Waals surface area contributed by atoms with E-state index in [1.807, 2.05) is 6.92 Å². The van der Waals surface area contributed by atoms with E-state index in [2.05, 4.69) is 5.48 Å². The fraction of sp³-hybridized carbons (Fsp3) is 0.333. The fourth-order valence-electron chi connectivity index (χ4n) is 0.896. The monoisotopic (exact) mass is 203 g/mol. The molecule has 0 aliphatic rings. The number of benzene rings is 1. The molecule has 0 bridgehead atoms. The van der Waals surface area contributed by atoms with Crippen LogP contribution in [0.5, 0.6) is 0 Å². The quantitative estimate of drug-likeness (QED) is 0.600. The molecule has 0 aliphatic carbocycles. The molecular weight excluding hydrogens is 193 g/mol. The molecule has 0 saturated carbocycles. The van der Waals surface area contributed by atoms with Gasteiger partial charge in [0.1, 0.15) is 5.82 Å². The van der Waals surface area contributed by atoms with Gasteiger partial charge in [-0.3, -0.25) is 0 Å². The van der Waals surface area contributed by atoms with Crippen LogP contribution in [0.25, 0.3) is 0 Å². The molecule has 0 fully saturated rings. The van der Waals surface area contributed by atoms with Crippen LogP contribution in [0.3, 0.4) is 0 Å². The molecule has 0 unspecified atom stereocenters. The summed E-state index contributed by atoms with van der Waals surface area (Å²) in [5, 5.41) is 0.401. The summed E-state index contributed by atoms with van der Waals surface area (Å²) in [5.74, 6) is -0.320. The van der Waals surface area contributed by atoms with Gasteiger partial charge < -0.3 is 4.84 Å². The highest BCUT2D eigenvalue weighted by atomic mass is 35.5. The van der Waals surface area contributed by atoms with Crippen LogP contribution in [0.1, 0.15) is 12.5 Å². The average Bonchev–Trinajstić information content (AvgIpc) is 2.09. The van der Waals surface area contributed by atoms with Crippen LogP contribution in [0.2, 0.25) is 5.02 Å². The van der Waals surface area contributed by atoms with E-state index in [-0.39, 0.29) is 5.82 Å². The van der Waals surface area contributed by atoms with E-state index in [0.717, 1.165) is 0 Å². The largest absolute Gasteiger partial charge is 0.302 e. The Morgan fingerprint density at radius 1 is 1.54 bits per heavy atom. The van der Waals surface area contributed by atoms with Crippen molar-refractivity contribution in [3.63, 3.8) is 0 Å². The molecule has 0 radical (unpaired) electrons. The molecule has 2 nitrogen and oxygen atoms in total. The Balaban J connectivity index is 2.56. The van der Waals surface area contributed by atoms with Crippen LogP contribution in [0, 0.1) is 5.82 Å². The molecule has 72 valence electrons. The van der Waals surface area contributed by atoms with Crippen LogP contribution >= 0.6 is 11.6 Å². The predicted molar refractivity (Wildman–Crippen MR) is 49.9 cm³/mol. The first-order valence-corrected chi connectivity index (χ1v) is 4.40. The number of nitrogens with one attached hydrogen (secondary N) is 1. The average molecular weight is 204 g/mol. The normalized spacial score (nSPS) is 10.4. The van der Waals surface area contributed by atoms with Gasteiger partial charge in [-0.15, -0.1) is 0 Å². The van der Waals surface area contributed by atoms with Crippen molar-refractivity contribution in [2.75, 3.05) is 6.61 Å². The van der Waals surface area contributed by atoms with Gasteiger partial charge in [0.2, 0.25) is 0 Å². The molecule has 0 aliphatic heterocycles. The van der Waals surface area contributed by atoms with Crippen molar-refractivity contribution in [2.24, 2.45) is 0 Å². The van der Waals surface area contributed by atoms with Gasteiger partial charge >= 0.3 is 0 Å². The standard InChI is InChI=1S/C9H11ClFNO/c1-2-13-12-6-7-3-4-8(10)5-9(7)11/h3-5,12H,2,6H2,1H3. The smallest absolute Gasteiger partial charge is 0.129 e. The highest BCUT2D eigenvalue weighted by molar-refractivity contribution is 6.30. The summed E-state index contributed by atoms with van der Waals surface area (Å²) in [6, 6.07) is 4.56. The number of halogens is 2. The van der Waals surface area contributed by atoms with Crippen LogP contribution in [-0.2, 0) is 11.4 Å².